The zero-order valence-electron chi connectivity index (χ0n) is 30.8. The van der Waals surface area contributed by atoms with Crippen molar-refractivity contribution in [3.63, 3.8) is 0 Å². The van der Waals surface area contributed by atoms with E-state index in [2.05, 4.69) is 74.3 Å². The number of thioether (sulfide) groups is 3. The third kappa shape index (κ3) is 27.9. The van der Waals surface area contributed by atoms with Crippen molar-refractivity contribution in [2.75, 3.05) is 17.3 Å². The Kier molecular flexibility index (Phi) is 34.2. The first kappa shape index (κ1) is 43.3. The molecule has 1 aromatic carbocycles. The SMILES string of the molecule is CCCCCCCCCCCCSc1cccc(SCCCCCCCCCCCC)c1SCCCCCCCCCCCC. The Labute approximate surface area is 297 Å². The molecule has 1 rings (SSSR count). The quantitative estimate of drug-likeness (QED) is 0.0512. The molecule has 0 saturated heterocycles. The Bertz CT molecular complexity index is 674. The fraction of sp³-hybridized carbons (Fsp3) is 0.857. The molecular formula is C42H78S3. The van der Waals surface area contributed by atoms with Crippen LogP contribution in [0.25, 0.3) is 0 Å². The van der Waals surface area contributed by atoms with Gasteiger partial charge in [-0.05, 0) is 48.7 Å². The fourth-order valence-electron chi connectivity index (χ4n) is 6.17. The lowest BCUT2D eigenvalue weighted by atomic mass is 10.1. The number of hydrogen-bond donors (Lipinski definition) is 0. The summed E-state index contributed by atoms with van der Waals surface area (Å²) in [5.41, 5.74) is 0. The van der Waals surface area contributed by atoms with E-state index in [0.29, 0.717) is 0 Å². The normalized spacial score (nSPS) is 11.5. The molecule has 264 valence electrons. The van der Waals surface area contributed by atoms with Crippen molar-refractivity contribution in [3.05, 3.63) is 18.2 Å². The van der Waals surface area contributed by atoms with Crippen LogP contribution in [0.5, 0.6) is 0 Å². The summed E-state index contributed by atoms with van der Waals surface area (Å²) in [6.07, 6.45) is 42.8. The summed E-state index contributed by atoms with van der Waals surface area (Å²) in [5.74, 6) is 3.86. The van der Waals surface area contributed by atoms with E-state index in [1.165, 1.54) is 210 Å². The van der Waals surface area contributed by atoms with E-state index < -0.39 is 0 Å². The van der Waals surface area contributed by atoms with E-state index in [1.807, 2.05) is 0 Å². The summed E-state index contributed by atoms with van der Waals surface area (Å²) >= 11 is 6.47. The number of benzene rings is 1. The van der Waals surface area contributed by atoms with Crippen LogP contribution in [0.1, 0.15) is 213 Å². The topological polar surface area (TPSA) is 0 Å². The lowest BCUT2D eigenvalue weighted by Crippen LogP contribution is -1.91. The Balaban J connectivity index is 2.39. The van der Waals surface area contributed by atoms with Crippen LogP contribution >= 0.6 is 35.3 Å². The van der Waals surface area contributed by atoms with E-state index in [1.54, 1.807) is 14.7 Å². The predicted octanol–water partition coefficient (Wildman–Crippen LogP) is 16.7. The van der Waals surface area contributed by atoms with Gasteiger partial charge in [-0.1, -0.05) is 200 Å². The van der Waals surface area contributed by atoms with Crippen LogP contribution in [-0.4, -0.2) is 17.3 Å². The molecule has 0 N–H and O–H groups in total. The largest absolute Gasteiger partial charge is 0.125 e. The molecule has 0 bridgehead atoms. The molecule has 0 aliphatic heterocycles. The second kappa shape index (κ2) is 35.6. The van der Waals surface area contributed by atoms with Crippen molar-refractivity contribution in [2.45, 2.75) is 228 Å². The van der Waals surface area contributed by atoms with E-state index in [4.69, 9.17) is 0 Å². The molecule has 0 spiro atoms. The number of unbranched alkanes of at least 4 members (excludes halogenated alkanes) is 27. The second-order valence-corrected chi connectivity index (χ2v) is 17.1. The van der Waals surface area contributed by atoms with Gasteiger partial charge in [0.1, 0.15) is 0 Å². The molecule has 45 heavy (non-hydrogen) atoms. The number of hydrogen-bond acceptors (Lipinski definition) is 3. The highest BCUT2D eigenvalue weighted by Crippen LogP contribution is 2.40. The molecule has 0 nitrogen and oxygen atoms in total. The van der Waals surface area contributed by atoms with E-state index >= 15 is 0 Å². The lowest BCUT2D eigenvalue weighted by molar-refractivity contribution is 0.563. The van der Waals surface area contributed by atoms with Gasteiger partial charge in [0.15, 0.2) is 0 Å². The summed E-state index contributed by atoms with van der Waals surface area (Å²) in [7, 11) is 0. The predicted molar refractivity (Wildman–Crippen MR) is 214 cm³/mol. The van der Waals surface area contributed by atoms with Crippen LogP contribution in [0.15, 0.2) is 32.9 Å². The van der Waals surface area contributed by atoms with Gasteiger partial charge in [-0.3, -0.25) is 0 Å². The van der Waals surface area contributed by atoms with Crippen molar-refractivity contribution in [1.29, 1.82) is 0 Å². The van der Waals surface area contributed by atoms with Gasteiger partial charge in [-0.15, -0.1) is 35.3 Å². The van der Waals surface area contributed by atoms with Crippen LogP contribution in [-0.2, 0) is 0 Å². The molecule has 0 heterocycles. The highest BCUT2D eigenvalue weighted by Gasteiger charge is 2.11. The molecule has 0 aliphatic rings. The van der Waals surface area contributed by atoms with Crippen LogP contribution in [0.2, 0.25) is 0 Å². The maximum Gasteiger partial charge on any atom is 0.0344 e. The molecule has 0 amide bonds. The van der Waals surface area contributed by atoms with Crippen molar-refractivity contribution in [1.82, 2.24) is 0 Å². The standard InChI is InChI=1S/C42H78S3/c1-4-7-10-13-16-19-22-25-28-31-37-43-40-35-34-36-41(44-38-32-29-26-23-20-17-14-11-8-5-2)42(40)45-39-33-30-27-24-21-18-15-12-9-6-3/h34-36H,4-33,37-39H2,1-3H3. The summed E-state index contributed by atoms with van der Waals surface area (Å²) in [6.45, 7) is 6.94. The maximum absolute atomic E-state index is 2.42. The van der Waals surface area contributed by atoms with Crippen molar-refractivity contribution < 1.29 is 0 Å². The Morgan fingerprint density at radius 3 is 0.844 bits per heavy atom. The molecule has 0 fully saturated rings. The monoisotopic (exact) mass is 679 g/mol. The number of rotatable bonds is 36. The summed E-state index contributed by atoms with van der Waals surface area (Å²) in [4.78, 5) is 4.75. The second-order valence-electron chi connectivity index (χ2n) is 13.7. The Hall–Kier alpha value is 0.270. The van der Waals surface area contributed by atoms with Gasteiger partial charge in [-0.25, -0.2) is 0 Å². The molecular weight excluding hydrogens is 601 g/mol. The van der Waals surface area contributed by atoms with Crippen molar-refractivity contribution in [2.24, 2.45) is 0 Å². The van der Waals surface area contributed by atoms with Crippen LogP contribution in [0, 0.1) is 0 Å². The minimum Gasteiger partial charge on any atom is -0.125 e. The fourth-order valence-corrected chi connectivity index (χ4v) is 9.89. The summed E-state index contributed by atoms with van der Waals surface area (Å²) in [5, 5.41) is 0. The molecule has 0 atom stereocenters. The Morgan fingerprint density at radius 1 is 0.311 bits per heavy atom. The molecule has 0 saturated carbocycles. The maximum atomic E-state index is 2.42. The molecule has 3 heteroatoms. The first-order valence-electron chi connectivity index (χ1n) is 20.3. The van der Waals surface area contributed by atoms with Crippen LogP contribution in [0.4, 0.5) is 0 Å². The smallest absolute Gasteiger partial charge is 0.0344 e. The first-order chi connectivity index (χ1) is 22.3. The van der Waals surface area contributed by atoms with Crippen molar-refractivity contribution in [3.8, 4) is 0 Å². The summed E-state index contributed by atoms with van der Waals surface area (Å²) < 4.78 is 0. The third-order valence-electron chi connectivity index (χ3n) is 9.20. The zero-order chi connectivity index (χ0) is 32.3. The minimum absolute atomic E-state index is 1.29. The van der Waals surface area contributed by atoms with Gasteiger partial charge in [0.05, 0.1) is 0 Å². The van der Waals surface area contributed by atoms with E-state index in [-0.39, 0.29) is 0 Å². The zero-order valence-corrected chi connectivity index (χ0v) is 33.2. The molecule has 0 radical (unpaired) electrons. The first-order valence-corrected chi connectivity index (χ1v) is 23.3. The Morgan fingerprint density at radius 2 is 0.556 bits per heavy atom. The van der Waals surface area contributed by atoms with Gasteiger partial charge in [0.25, 0.3) is 0 Å². The molecule has 1 aromatic rings. The summed E-state index contributed by atoms with van der Waals surface area (Å²) in [6, 6.07) is 7.19. The highest BCUT2D eigenvalue weighted by molar-refractivity contribution is 8.03. The lowest BCUT2D eigenvalue weighted by Gasteiger charge is -2.14. The van der Waals surface area contributed by atoms with Gasteiger partial charge in [-0.2, -0.15) is 0 Å². The van der Waals surface area contributed by atoms with Crippen LogP contribution in [0.3, 0.4) is 0 Å². The molecule has 0 aromatic heterocycles. The van der Waals surface area contributed by atoms with Gasteiger partial charge < -0.3 is 0 Å². The van der Waals surface area contributed by atoms with Gasteiger partial charge >= 0.3 is 0 Å². The average molecular weight is 679 g/mol. The van der Waals surface area contributed by atoms with E-state index in [0.717, 1.165) is 0 Å². The van der Waals surface area contributed by atoms with E-state index in [9.17, 15) is 0 Å². The molecule has 0 aliphatic carbocycles. The minimum atomic E-state index is 1.29. The van der Waals surface area contributed by atoms with Gasteiger partial charge in [0.2, 0.25) is 0 Å². The average Bonchev–Trinajstić information content (AvgIpc) is 3.05. The van der Waals surface area contributed by atoms with Gasteiger partial charge in [0, 0.05) is 14.7 Å². The van der Waals surface area contributed by atoms with Crippen LogP contribution < -0.4 is 0 Å². The highest BCUT2D eigenvalue weighted by atomic mass is 32.2. The molecule has 0 unspecified atom stereocenters. The van der Waals surface area contributed by atoms with Crippen molar-refractivity contribution >= 4 is 35.3 Å². The third-order valence-corrected chi connectivity index (χ3v) is 13.0.